The smallest absolute Gasteiger partial charge is 0.153 e. The second kappa shape index (κ2) is 4.90. The SMILES string of the molecule is Cc1cc(Cl)c2cccc(Oc3ccccc3)c2n1. The van der Waals surface area contributed by atoms with E-state index >= 15 is 0 Å². The predicted octanol–water partition coefficient (Wildman–Crippen LogP) is 4.99. The van der Waals surface area contributed by atoms with Gasteiger partial charge in [0.25, 0.3) is 0 Å². The first-order chi connectivity index (χ1) is 9.24. The second-order valence-electron chi connectivity index (χ2n) is 4.31. The molecule has 1 heterocycles. The summed E-state index contributed by atoms with van der Waals surface area (Å²) in [6.07, 6.45) is 0. The molecule has 0 saturated heterocycles. The van der Waals surface area contributed by atoms with Crippen LogP contribution in [0.25, 0.3) is 10.9 Å². The molecule has 3 aromatic rings. The fraction of sp³-hybridized carbons (Fsp3) is 0.0625. The van der Waals surface area contributed by atoms with Gasteiger partial charge in [0.2, 0.25) is 0 Å². The van der Waals surface area contributed by atoms with E-state index in [0.717, 1.165) is 22.3 Å². The van der Waals surface area contributed by atoms with Crippen molar-refractivity contribution in [2.75, 3.05) is 0 Å². The molecule has 0 unspecified atom stereocenters. The van der Waals surface area contributed by atoms with E-state index in [1.54, 1.807) is 0 Å². The summed E-state index contributed by atoms with van der Waals surface area (Å²) in [6.45, 7) is 1.92. The highest BCUT2D eigenvalue weighted by molar-refractivity contribution is 6.35. The van der Waals surface area contributed by atoms with Crippen LogP contribution in [0.2, 0.25) is 5.02 Å². The lowest BCUT2D eigenvalue weighted by Crippen LogP contribution is -1.90. The van der Waals surface area contributed by atoms with Crippen LogP contribution in [0.5, 0.6) is 11.5 Å². The Balaban J connectivity index is 2.14. The van der Waals surface area contributed by atoms with Crippen molar-refractivity contribution in [2.24, 2.45) is 0 Å². The molecule has 0 aliphatic rings. The first-order valence-corrected chi connectivity index (χ1v) is 6.40. The van der Waals surface area contributed by atoms with Gasteiger partial charge in [-0.05, 0) is 31.2 Å². The summed E-state index contributed by atoms with van der Waals surface area (Å²) in [5.74, 6) is 1.50. The number of fused-ring (bicyclic) bond motifs is 1. The van der Waals surface area contributed by atoms with Gasteiger partial charge in [-0.1, -0.05) is 41.9 Å². The highest BCUT2D eigenvalue weighted by atomic mass is 35.5. The molecule has 2 nitrogen and oxygen atoms in total. The third-order valence-corrected chi connectivity index (χ3v) is 3.16. The number of nitrogens with zero attached hydrogens (tertiary/aromatic N) is 1. The van der Waals surface area contributed by atoms with Crippen molar-refractivity contribution in [2.45, 2.75) is 6.92 Å². The van der Waals surface area contributed by atoms with Crippen LogP contribution in [0.4, 0.5) is 0 Å². The van der Waals surface area contributed by atoms with E-state index in [2.05, 4.69) is 4.98 Å². The molecule has 1 aromatic heterocycles. The van der Waals surface area contributed by atoms with Gasteiger partial charge in [0.1, 0.15) is 11.3 Å². The molecule has 2 aromatic carbocycles. The standard InChI is InChI=1S/C16H12ClNO/c1-11-10-14(17)13-8-5-9-15(16(13)18-11)19-12-6-3-2-4-7-12/h2-10H,1H3. The molecule has 94 valence electrons. The van der Waals surface area contributed by atoms with Crippen molar-refractivity contribution in [1.82, 2.24) is 4.98 Å². The lowest BCUT2D eigenvalue weighted by Gasteiger charge is -2.09. The van der Waals surface area contributed by atoms with Gasteiger partial charge < -0.3 is 4.74 Å². The van der Waals surface area contributed by atoms with Crippen LogP contribution in [-0.2, 0) is 0 Å². The van der Waals surface area contributed by atoms with E-state index in [-0.39, 0.29) is 0 Å². The summed E-state index contributed by atoms with van der Waals surface area (Å²) in [5.41, 5.74) is 1.66. The Labute approximate surface area is 116 Å². The highest BCUT2D eigenvalue weighted by Gasteiger charge is 2.08. The van der Waals surface area contributed by atoms with E-state index in [0.29, 0.717) is 10.8 Å². The Morgan fingerprint density at radius 1 is 1.00 bits per heavy atom. The van der Waals surface area contributed by atoms with Gasteiger partial charge in [-0.2, -0.15) is 0 Å². The van der Waals surface area contributed by atoms with Crippen molar-refractivity contribution in [3.8, 4) is 11.5 Å². The van der Waals surface area contributed by atoms with Crippen LogP contribution in [-0.4, -0.2) is 4.98 Å². The second-order valence-corrected chi connectivity index (χ2v) is 4.72. The van der Waals surface area contributed by atoms with Crippen LogP contribution in [0, 0.1) is 6.92 Å². The highest BCUT2D eigenvalue weighted by Crippen LogP contribution is 2.32. The number of rotatable bonds is 2. The minimum atomic E-state index is 0.695. The van der Waals surface area contributed by atoms with Crippen LogP contribution < -0.4 is 4.74 Å². The maximum Gasteiger partial charge on any atom is 0.153 e. The van der Waals surface area contributed by atoms with E-state index < -0.39 is 0 Å². The summed E-state index contributed by atoms with van der Waals surface area (Å²) in [7, 11) is 0. The molecular formula is C16H12ClNO. The average Bonchev–Trinajstić information content (AvgIpc) is 2.41. The molecule has 0 N–H and O–H groups in total. The lowest BCUT2D eigenvalue weighted by molar-refractivity contribution is 0.487. The third-order valence-electron chi connectivity index (χ3n) is 2.85. The summed E-state index contributed by atoms with van der Waals surface area (Å²) >= 11 is 6.24. The Morgan fingerprint density at radius 2 is 1.79 bits per heavy atom. The van der Waals surface area contributed by atoms with Gasteiger partial charge in [0, 0.05) is 11.1 Å². The zero-order valence-electron chi connectivity index (χ0n) is 10.4. The van der Waals surface area contributed by atoms with Gasteiger partial charge in [0.15, 0.2) is 5.75 Å². The van der Waals surface area contributed by atoms with Crippen molar-refractivity contribution >= 4 is 22.5 Å². The molecule has 0 bridgehead atoms. The number of para-hydroxylation sites is 2. The Morgan fingerprint density at radius 3 is 2.58 bits per heavy atom. The van der Waals surface area contributed by atoms with Gasteiger partial charge in [0.05, 0.1) is 5.02 Å². The molecule has 0 radical (unpaired) electrons. The molecule has 0 saturated carbocycles. The van der Waals surface area contributed by atoms with Crippen molar-refractivity contribution in [3.63, 3.8) is 0 Å². The molecule has 3 heteroatoms. The molecule has 19 heavy (non-hydrogen) atoms. The number of benzene rings is 2. The van der Waals surface area contributed by atoms with Gasteiger partial charge in [-0.25, -0.2) is 4.98 Å². The Bertz CT molecular complexity index is 725. The third kappa shape index (κ3) is 2.40. The van der Waals surface area contributed by atoms with Crippen LogP contribution in [0.15, 0.2) is 54.6 Å². The van der Waals surface area contributed by atoms with Gasteiger partial charge in [-0.3, -0.25) is 0 Å². The average molecular weight is 270 g/mol. The molecule has 0 atom stereocenters. The summed E-state index contributed by atoms with van der Waals surface area (Å²) < 4.78 is 5.88. The minimum Gasteiger partial charge on any atom is -0.455 e. The molecule has 0 fully saturated rings. The quantitative estimate of drug-likeness (QED) is 0.654. The molecule has 0 amide bonds. The Kier molecular flexibility index (Phi) is 3.10. The summed E-state index contributed by atoms with van der Waals surface area (Å²) in [4.78, 5) is 4.52. The van der Waals surface area contributed by atoms with E-state index in [9.17, 15) is 0 Å². The minimum absolute atomic E-state index is 0.695. The maximum atomic E-state index is 6.24. The van der Waals surface area contributed by atoms with Crippen LogP contribution in [0.1, 0.15) is 5.69 Å². The van der Waals surface area contributed by atoms with Crippen LogP contribution >= 0.6 is 11.6 Å². The molecule has 0 aliphatic heterocycles. The number of aromatic nitrogens is 1. The van der Waals surface area contributed by atoms with Crippen molar-refractivity contribution in [1.29, 1.82) is 0 Å². The molecule has 0 aliphatic carbocycles. The first kappa shape index (κ1) is 12.0. The zero-order chi connectivity index (χ0) is 13.2. The molecular weight excluding hydrogens is 258 g/mol. The Hall–Kier alpha value is -2.06. The van der Waals surface area contributed by atoms with E-state index in [1.807, 2.05) is 61.5 Å². The largest absolute Gasteiger partial charge is 0.455 e. The normalized spacial score (nSPS) is 10.6. The topological polar surface area (TPSA) is 22.1 Å². The van der Waals surface area contributed by atoms with E-state index in [4.69, 9.17) is 16.3 Å². The maximum absolute atomic E-state index is 6.24. The van der Waals surface area contributed by atoms with Crippen molar-refractivity contribution < 1.29 is 4.74 Å². The number of pyridine rings is 1. The zero-order valence-corrected chi connectivity index (χ0v) is 11.2. The first-order valence-electron chi connectivity index (χ1n) is 6.03. The number of aryl methyl sites for hydroxylation is 1. The number of halogens is 1. The molecule has 0 spiro atoms. The predicted molar refractivity (Wildman–Crippen MR) is 78.0 cm³/mol. The van der Waals surface area contributed by atoms with Gasteiger partial charge in [-0.15, -0.1) is 0 Å². The van der Waals surface area contributed by atoms with E-state index in [1.165, 1.54) is 0 Å². The summed E-state index contributed by atoms with van der Waals surface area (Å²) in [6, 6.07) is 17.3. The monoisotopic (exact) mass is 269 g/mol. The molecule has 3 rings (SSSR count). The fourth-order valence-electron chi connectivity index (χ4n) is 2.00. The fourth-order valence-corrected chi connectivity index (χ4v) is 2.31. The lowest BCUT2D eigenvalue weighted by atomic mass is 10.2. The van der Waals surface area contributed by atoms with Crippen molar-refractivity contribution in [3.05, 3.63) is 65.3 Å². The number of ether oxygens (including phenoxy) is 1. The number of hydrogen-bond donors (Lipinski definition) is 0. The van der Waals surface area contributed by atoms with Gasteiger partial charge >= 0.3 is 0 Å². The van der Waals surface area contributed by atoms with Crippen LogP contribution in [0.3, 0.4) is 0 Å². The number of hydrogen-bond acceptors (Lipinski definition) is 2. The summed E-state index contributed by atoms with van der Waals surface area (Å²) in [5, 5.41) is 1.60.